The third kappa shape index (κ3) is 4.10. The van der Waals surface area contributed by atoms with E-state index in [0.29, 0.717) is 25.6 Å². The average Bonchev–Trinajstić information content (AvgIpc) is 3.06. The van der Waals surface area contributed by atoms with Gasteiger partial charge in [0.1, 0.15) is 6.04 Å². The molecule has 0 bridgehead atoms. The van der Waals surface area contributed by atoms with Crippen LogP contribution in [0.3, 0.4) is 0 Å². The van der Waals surface area contributed by atoms with Gasteiger partial charge in [-0.25, -0.2) is 0 Å². The lowest BCUT2D eigenvalue weighted by Crippen LogP contribution is -2.40. The zero-order valence-corrected chi connectivity index (χ0v) is 12.0. The van der Waals surface area contributed by atoms with Crippen molar-refractivity contribution >= 4 is 21.9 Å². The van der Waals surface area contributed by atoms with Crippen molar-refractivity contribution in [3.8, 4) is 0 Å². The molecule has 1 aliphatic carbocycles. The minimum Gasteiger partial charge on any atom is -0.465 e. The molecule has 100 valence electrons. The summed E-state index contributed by atoms with van der Waals surface area (Å²) in [5.41, 5.74) is 0. The van der Waals surface area contributed by atoms with E-state index in [1.807, 2.05) is 17.8 Å². The molecule has 0 aromatic carbocycles. The first kappa shape index (κ1) is 13.5. The fourth-order valence-corrected chi connectivity index (χ4v) is 2.10. The lowest BCUT2D eigenvalue weighted by Gasteiger charge is -2.16. The van der Waals surface area contributed by atoms with Gasteiger partial charge in [-0.2, -0.15) is 5.10 Å². The van der Waals surface area contributed by atoms with Crippen LogP contribution in [0.2, 0.25) is 0 Å². The van der Waals surface area contributed by atoms with Crippen molar-refractivity contribution in [1.82, 2.24) is 15.1 Å². The molecule has 0 amide bonds. The Morgan fingerprint density at radius 2 is 2.50 bits per heavy atom. The number of ether oxygens (including phenoxy) is 1. The molecular weight excluding hydrogens is 298 g/mol. The van der Waals surface area contributed by atoms with Crippen LogP contribution in [0, 0.1) is 0 Å². The number of aromatic nitrogens is 2. The zero-order chi connectivity index (χ0) is 13.0. The molecule has 0 aliphatic heterocycles. The molecule has 1 saturated carbocycles. The van der Waals surface area contributed by atoms with Gasteiger partial charge in [-0.3, -0.25) is 9.48 Å². The molecule has 1 aromatic rings. The van der Waals surface area contributed by atoms with Crippen LogP contribution in [-0.2, 0) is 16.1 Å². The number of hydrogen-bond acceptors (Lipinski definition) is 4. The molecule has 6 heteroatoms. The molecule has 1 fully saturated rings. The van der Waals surface area contributed by atoms with Gasteiger partial charge in [0, 0.05) is 18.8 Å². The van der Waals surface area contributed by atoms with Gasteiger partial charge in [-0.05, 0) is 42.1 Å². The third-order valence-corrected chi connectivity index (χ3v) is 3.24. The van der Waals surface area contributed by atoms with Crippen molar-refractivity contribution in [2.24, 2.45) is 0 Å². The second kappa shape index (κ2) is 6.33. The lowest BCUT2D eigenvalue weighted by molar-refractivity contribution is -0.146. The summed E-state index contributed by atoms with van der Waals surface area (Å²) in [5, 5.41) is 7.50. The molecule has 0 saturated heterocycles. The van der Waals surface area contributed by atoms with E-state index in [2.05, 4.69) is 26.3 Å². The van der Waals surface area contributed by atoms with Crippen molar-refractivity contribution in [2.45, 2.75) is 44.8 Å². The Hall–Kier alpha value is -0.880. The molecule has 1 atom stereocenters. The Morgan fingerprint density at radius 1 is 1.72 bits per heavy atom. The van der Waals surface area contributed by atoms with Crippen LogP contribution in [0.1, 0.15) is 26.2 Å². The molecule has 1 unspecified atom stereocenters. The number of nitrogens with zero attached hydrogens (tertiary/aromatic N) is 2. The van der Waals surface area contributed by atoms with Gasteiger partial charge in [0.05, 0.1) is 17.3 Å². The second-order valence-electron chi connectivity index (χ2n) is 4.46. The van der Waals surface area contributed by atoms with Gasteiger partial charge < -0.3 is 10.1 Å². The van der Waals surface area contributed by atoms with E-state index in [-0.39, 0.29) is 12.0 Å². The molecule has 1 heterocycles. The summed E-state index contributed by atoms with van der Waals surface area (Å²) in [6.07, 6.45) is 6.66. The number of nitrogens with one attached hydrogen (secondary N) is 1. The predicted molar refractivity (Wildman–Crippen MR) is 71.1 cm³/mol. The van der Waals surface area contributed by atoms with E-state index in [4.69, 9.17) is 4.74 Å². The number of esters is 1. The fraction of sp³-hybridized carbons (Fsp3) is 0.667. The summed E-state index contributed by atoms with van der Waals surface area (Å²) >= 11 is 3.35. The first-order valence-electron chi connectivity index (χ1n) is 6.29. The molecule has 18 heavy (non-hydrogen) atoms. The summed E-state index contributed by atoms with van der Waals surface area (Å²) in [5.74, 6) is -0.157. The SMILES string of the molecule is CCOC(=O)C(CCn1cc(Br)cn1)NC1CC1. The maximum absolute atomic E-state index is 11.8. The number of aryl methyl sites for hydroxylation is 1. The van der Waals surface area contributed by atoms with E-state index >= 15 is 0 Å². The highest BCUT2D eigenvalue weighted by molar-refractivity contribution is 9.10. The van der Waals surface area contributed by atoms with Crippen molar-refractivity contribution < 1.29 is 9.53 Å². The number of rotatable bonds is 7. The normalized spacial score (nSPS) is 16.6. The maximum atomic E-state index is 11.8. The first-order chi connectivity index (χ1) is 8.69. The number of carbonyl (C=O) groups excluding carboxylic acids is 1. The highest BCUT2D eigenvalue weighted by atomic mass is 79.9. The molecule has 5 nitrogen and oxygen atoms in total. The van der Waals surface area contributed by atoms with Crippen LogP contribution in [0.4, 0.5) is 0 Å². The average molecular weight is 316 g/mol. The molecule has 1 aromatic heterocycles. The highest BCUT2D eigenvalue weighted by Crippen LogP contribution is 2.20. The van der Waals surface area contributed by atoms with Crippen LogP contribution >= 0.6 is 15.9 Å². The Bertz CT molecular complexity index is 404. The number of carbonyl (C=O) groups is 1. The van der Waals surface area contributed by atoms with Crippen LogP contribution in [-0.4, -0.2) is 34.4 Å². The van der Waals surface area contributed by atoms with Crippen molar-refractivity contribution in [1.29, 1.82) is 0 Å². The Balaban J connectivity index is 1.85. The summed E-state index contributed by atoms with van der Waals surface area (Å²) in [6.45, 7) is 2.96. The Labute approximate surface area is 115 Å². The Morgan fingerprint density at radius 3 is 3.06 bits per heavy atom. The topological polar surface area (TPSA) is 56.2 Å². The second-order valence-corrected chi connectivity index (χ2v) is 5.37. The first-order valence-corrected chi connectivity index (χ1v) is 7.09. The van der Waals surface area contributed by atoms with Gasteiger partial charge in [0.2, 0.25) is 0 Å². The highest BCUT2D eigenvalue weighted by Gasteiger charge is 2.28. The minimum absolute atomic E-state index is 0.157. The number of hydrogen-bond donors (Lipinski definition) is 1. The largest absolute Gasteiger partial charge is 0.465 e. The summed E-state index contributed by atoms with van der Waals surface area (Å²) < 4.78 is 7.86. The standard InChI is InChI=1S/C12H18BrN3O2/c1-2-18-12(17)11(15-10-3-4-10)5-6-16-8-9(13)7-14-16/h7-8,10-11,15H,2-6H2,1H3. The van der Waals surface area contributed by atoms with Crippen LogP contribution < -0.4 is 5.32 Å². The number of halogens is 1. The van der Waals surface area contributed by atoms with E-state index in [1.54, 1.807) is 6.20 Å². The molecule has 0 radical (unpaired) electrons. The van der Waals surface area contributed by atoms with Crippen molar-refractivity contribution in [2.75, 3.05) is 6.61 Å². The quantitative estimate of drug-likeness (QED) is 0.778. The monoisotopic (exact) mass is 315 g/mol. The van der Waals surface area contributed by atoms with E-state index < -0.39 is 0 Å². The predicted octanol–water partition coefficient (Wildman–Crippen LogP) is 1.72. The fourth-order valence-electron chi connectivity index (χ4n) is 1.77. The van der Waals surface area contributed by atoms with Gasteiger partial charge in [-0.15, -0.1) is 0 Å². The van der Waals surface area contributed by atoms with E-state index in [9.17, 15) is 4.79 Å². The van der Waals surface area contributed by atoms with Gasteiger partial charge in [0.15, 0.2) is 0 Å². The molecule has 0 spiro atoms. The smallest absolute Gasteiger partial charge is 0.323 e. The summed E-state index contributed by atoms with van der Waals surface area (Å²) in [4.78, 5) is 11.8. The van der Waals surface area contributed by atoms with Crippen LogP contribution in [0.15, 0.2) is 16.9 Å². The minimum atomic E-state index is -0.222. The maximum Gasteiger partial charge on any atom is 0.323 e. The molecule has 2 rings (SSSR count). The van der Waals surface area contributed by atoms with Crippen LogP contribution in [0.25, 0.3) is 0 Å². The lowest BCUT2D eigenvalue weighted by atomic mass is 10.2. The van der Waals surface area contributed by atoms with Gasteiger partial charge in [-0.1, -0.05) is 0 Å². The molecular formula is C12H18BrN3O2. The third-order valence-electron chi connectivity index (χ3n) is 2.83. The van der Waals surface area contributed by atoms with Crippen molar-refractivity contribution in [3.63, 3.8) is 0 Å². The van der Waals surface area contributed by atoms with Gasteiger partial charge >= 0.3 is 5.97 Å². The van der Waals surface area contributed by atoms with Crippen molar-refractivity contribution in [3.05, 3.63) is 16.9 Å². The zero-order valence-electron chi connectivity index (χ0n) is 10.4. The molecule has 1 N–H and O–H groups in total. The van der Waals surface area contributed by atoms with E-state index in [1.165, 1.54) is 0 Å². The van der Waals surface area contributed by atoms with E-state index in [0.717, 1.165) is 17.3 Å². The Kier molecular flexibility index (Phi) is 4.77. The van der Waals surface area contributed by atoms with Gasteiger partial charge in [0.25, 0.3) is 0 Å². The van der Waals surface area contributed by atoms with Crippen LogP contribution in [0.5, 0.6) is 0 Å². The summed E-state index contributed by atoms with van der Waals surface area (Å²) in [6, 6.07) is 0.268. The summed E-state index contributed by atoms with van der Waals surface area (Å²) in [7, 11) is 0. The molecule has 1 aliphatic rings.